The van der Waals surface area contributed by atoms with Gasteiger partial charge in [0.1, 0.15) is 10.7 Å². The molecule has 0 spiro atoms. The smallest absolute Gasteiger partial charge is 0.242 e. The van der Waals surface area contributed by atoms with Crippen molar-refractivity contribution in [2.45, 2.75) is 18.2 Å². The van der Waals surface area contributed by atoms with Crippen molar-refractivity contribution in [3.8, 4) is 0 Å². The van der Waals surface area contributed by atoms with E-state index < -0.39 is 10.0 Å². The van der Waals surface area contributed by atoms with Gasteiger partial charge < -0.3 is 9.84 Å². The zero-order chi connectivity index (χ0) is 15.3. The van der Waals surface area contributed by atoms with Gasteiger partial charge in [-0.1, -0.05) is 16.8 Å². The Hall–Kier alpha value is -1.71. The number of halogens is 1. The van der Waals surface area contributed by atoms with Crippen molar-refractivity contribution in [1.29, 1.82) is 0 Å². The lowest BCUT2D eigenvalue weighted by atomic mass is 10.4. The largest absolute Gasteiger partial charge is 0.369 e. The summed E-state index contributed by atoms with van der Waals surface area (Å²) in [7, 11) is -3.68. The molecule has 0 aromatic carbocycles. The predicted molar refractivity (Wildman–Crippen MR) is 76.6 cm³/mol. The summed E-state index contributed by atoms with van der Waals surface area (Å²) in [6, 6.07) is 1.35. The average molecular weight is 332 g/mol. The molecule has 114 valence electrons. The lowest BCUT2D eigenvalue weighted by molar-refractivity contribution is 0.410. The molecule has 21 heavy (non-hydrogen) atoms. The molecule has 2 heterocycles. The molecule has 2 N–H and O–H groups in total. The van der Waals surface area contributed by atoms with Gasteiger partial charge >= 0.3 is 0 Å². The van der Waals surface area contributed by atoms with E-state index in [-0.39, 0.29) is 16.5 Å². The molecular weight excluding hydrogens is 318 g/mol. The zero-order valence-corrected chi connectivity index (χ0v) is 12.8. The molecule has 0 fully saturated rings. The Morgan fingerprint density at radius 2 is 2.19 bits per heavy atom. The molecule has 0 bridgehead atoms. The fraction of sp³-hybridized carbons (Fsp3) is 0.364. The summed E-state index contributed by atoms with van der Waals surface area (Å²) in [6.45, 7) is 2.68. The van der Waals surface area contributed by atoms with Crippen LogP contribution in [0.15, 0.2) is 28.1 Å². The predicted octanol–water partition coefficient (Wildman–Crippen LogP) is 1.07. The maximum Gasteiger partial charge on any atom is 0.242 e. The number of aromatic nitrogens is 3. The first-order valence-electron chi connectivity index (χ1n) is 6.17. The van der Waals surface area contributed by atoms with E-state index in [0.717, 1.165) is 0 Å². The number of rotatable bonds is 7. The molecule has 0 atom stereocenters. The number of nitrogens with zero attached hydrogens (tertiary/aromatic N) is 3. The molecule has 2 aromatic heterocycles. The Balaban J connectivity index is 2.03. The third kappa shape index (κ3) is 4.13. The van der Waals surface area contributed by atoms with Gasteiger partial charge in [0.15, 0.2) is 5.82 Å². The van der Waals surface area contributed by atoms with Crippen LogP contribution in [0.5, 0.6) is 0 Å². The van der Waals surface area contributed by atoms with E-state index in [0.29, 0.717) is 24.6 Å². The van der Waals surface area contributed by atoms with Crippen molar-refractivity contribution in [2.24, 2.45) is 0 Å². The molecule has 8 nitrogen and oxygen atoms in total. The maximum absolute atomic E-state index is 12.1. The third-order valence-corrected chi connectivity index (χ3v) is 4.23. The summed E-state index contributed by atoms with van der Waals surface area (Å²) in [6.07, 6.45) is 2.76. The summed E-state index contributed by atoms with van der Waals surface area (Å²) in [5.74, 6) is 0.876. The summed E-state index contributed by atoms with van der Waals surface area (Å²) >= 11 is 5.98. The van der Waals surface area contributed by atoms with Crippen molar-refractivity contribution >= 4 is 27.4 Å². The quantitative estimate of drug-likeness (QED) is 0.780. The van der Waals surface area contributed by atoms with Crippen LogP contribution in [0.1, 0.15) is 12.7 Å². The first-order chi connectivity index (χ1) is 10.0. The maximum atomic E-state index is 12.1. The monoisotopic (exact) mass is 331 g/mol. The number of sulfonamides is 1. The van der Waals surface area contributed by atoms with Crippen LogP contribution in [0.25, 0.3) is 0 Å². The van der Waals surface area contributed by atoms with Crippen LogP contribution in [-0.4, -0.2) is 36.6 Å². The molecule has 0 unspecified atom stereocenters. The Labute approximate surface area is 127 Å². The van der Waals surface area contributed by atoms with Crippen LogP contribution in [0.4, 0.5) is 5.82 Å². The van der Waals surface area contributed by atoms with Gasteiger partial charge in [0.2, 0.25) is 16.4 Å². The SMILES string of the molecule is CCNc1ncc(S(=O)(=O)NCCc2ncon2)cc1Cl. The molecule has 0 aliphatic carbocycles. The highest BCUT2D eigenvalue weighted by Crippen LogP contribution is 2.22. The third-order valence-electron chi connectivity index (χ3n) is 2.52. The number of anilines is 1. The van der Waals surface area contributed by atoms with Crippen LogP contribution < -0.4 is 10.0 Å². The Kier molecular flexibility index (Phi) is 5.10. The fourth-order valence-corrected chi connectivity index (χ4v) is 2.85. The van der Waals surface area contributed by atoms with Crippen LogP contribution in [0, 0.1) is 0 Å². The van der Waals surface area contributed by atoms with E-state index >= 15 is 0 Å². The van der Waals surface area contributed by atoms with Crippen LogP contribution in [-0.2, 0) is 16.4 Å². The highest BCUT2D eigenvalue weighted by molar-refractivity contribution is 7.89. The molecule has 2 aromatic rings. The van der Waals surface area contributed by atoms with Crippen LogP contribution in [0.3, 0.4) is 0 Å². The molecule has 10 heteroatoms. The van der Waals surface area contributed by atoms with E-state index in [1.165, 1.54) is 18.7 Å². The first kappa shape index (κ1) is 15.7. The minimum atomic E-state index is -3.68. The van der Waals surface area contributed by atoms with Gasteiger partial charge in [-0.3, -0.25) is 0 Å². The van der Waals surface area contributed by atoms with Gasteiger partial charge in [0, 0.05) is 25.7 Å². The number of pyridine rings is 1. The minimum Gasteiger partial charge on any atom is -0.369 e. The molecule has 0 amide bonds. The molecule has 2 rings (SSSR count). The second kappa shape index (κ2) is 6.83. The summed E-state index contributed by atoms with van der Waals surface area (Å²) < 4.78 is 31.2. The molecule has 0 saturated carbocycles. The first-order valence-corrected chi connectivity index (χ1v) is 8.03. The minimum absolute atomic E-state index is 0.00210. The van der Waals surface area contributed by atoms with Crippen molar-refractivity contribution in [1.82, 2.24) is 19.8 Å². The number of hydrogen-bond acceptors (Lipinski definition) is 7. The second-order valence-electron chi connectivity index (χ2n) is 4.03. The van der Waals surface area contributed by atoms with E-state index in [2.05, 4.69) is 29.7 Å². The van der Waals surface area contributed by atoms with Crippen molar-refractivity contribution in [3.05, 3.63) is 29.5 Å². The van der Waals surface area contributed by atoms with E-state index in [9.17, 15) is 8.42 Å². The molecular formula is C11H14ClN5O3S. The van der Waals surface area contributed by atoms with Gasteiger partial charge in [0.25, 0.3) is 0 Å². The summed E-state index contributed by atoms with van der Waals surface area (Å²) in [5, 5.41) is 6.77. The van der Waals surface area contributed by atoms with Gasteiger partial charge in [-0.2, -0.15) is 4.98 Å². The fourth-order valence-electron chi connectivity index (χ4n) is 1.55. The van der Waals surface area contributed by atoms with Crippen molar-refractivity contribution in [2.75, 3.05) is 18.4 Å². The highest BCUT2D eigenvalue weighted by Gasteiger charge is 2.16. The topological polar surface area (TPSA) is 110 Å². The summed E-state index contributed by atoms with van der Waals surface area (Å²) in [4.78, 5) is 7.79. The molecule has 0 saturated heterocycles. The standard InChI is InChI=1S/C11H14ClN5O3S/c1-2-13-11-9(12)5-8(6-14-11)21(18,19)16-4-3-10-15-7-20-17-10/h5-7,16H,2-4H2,1H3,(H,13,14). The Morgan fingerprint density at radius 3 is 2.81 bits per heavy atom. The van der Waals surface area contributed by atoms with E-state index in [1.807, 2.05) is 6.92 Å². The Morgan fingerprint density at radius 1 is 1.38 bits per heavy atom. The average Bonchev–Trinajstić information content (AvgIpc) is 2.94. The highest BCUT2D eigenvalue weighted by atomic mass is 35.5. The normalized spacial score (nSPS) is 11.5. The van der Waals surface area contributed by atoms with Gasteiger partial charge in [0.05, 0.1) is 5.02 Å². The number of hydrogen-bond donors (Lipinski definition) is 2. The molecule has 0 radical (unpaired) electrons. The lowest BCUT2D eigenvalue weighted by Gasteiger charge is -2.08. The molecule has 0 aliphatic heterocycles. The molecule has 0 aliphatic rings. The van der Waals surface area contributed by atoms with Crippen molar-refractivity contribution < 1.29 is 12.9 Å². The Bertz CT molecular complexity index is 690. The van der Waals surface area contributed by atoms with Gasteiger partial charge in [-0.15, -0.1) is 0 Å². The second-order valence-corrected chi connectivity index (χ2v) is 6.20. The lowest BCUT2D eigenvalue weighted by Crippen LogP contribution is -2.26. The van der Waals surface area contributed by atoms with E-state index in [1.54, 1.807) is 0 Å². The van der Waals surface area contributed by atoms with Crippen LogP contribution in [0.2, 0.25) is 5.02 Å². The van der Waals surface area contributed by atoms with Crippen molar-refractivity contribution in [3.63, 3.8) is 0 Å². The van der Waals surface area contributed by atoms with Gasteiger partial charge in [-0.25, -0.2) is 18.1 Å². The zero-order valence-electron chi connectivity index (χ0n) is 11.2. The van der Waals surface area contributed by atoms with E-state index in [4.69, 9.17) is 11.6 Å². The number of nitrogens with one attached hydrogen (secondary N) is 2. The summed E-state index contributed by atoms with van der Waals surface area (Å²) in [5.41, 5.74) is 0. The van der Waals surface area contributed by atoms with Gasteiger partial charge in [-0.05, 0) is 13.0 Å². The van der Waals surface area contributed by atoms with Crippen LogP contribution >= 0.6 is 11.6 Å².